The highest BCUT2D eigenvalue weighted by atomic mass is 16.5. The van der Waals surface area contributed by atoms with Crippen LogP contribution in [0.15, 0.2) is 82.2 Å². The third-order valence-electron chi connectivity index (χ3n) is 3.49. The van der Waals surface area contributed by atoms with E-state index in [0.29, 0.717) is 5.82 Å². The molecule has 0 bridgehead atoms. The molecule has 0 unspecified atom stereocenters. The van der Waals surface area contributed by atoms with Gasteiger partial charge in [0.05, 0.1) is 5.69 Å². The van der Waals surface area contributed by atoms with E-state index < -0.39 is 0 Å². The lowest BCUT2D eigenvalue weighted by atomic mass is 10.2. The van der Waals surface area contributed by atoms with Gasteiger partial charge in [-0.15, -0.1) is 0 Å². The second-order valence-electron chi connectivity index (χ2n) is 5.10. The Morgan fingerprint density at radius 1 is 0.875 bits per heavy atom. The van der Waals surface area contributed by atoms with E-state index in [0.717, 1.165) is 11.3 Å². The zero-order chi connectivity index (χ0) is 16.4. The Bertz CT molecular complexity index is 1020. The van der Waals surface area contributed by atoms with Gasteiger partial charge in [0.1, 0.15) is 0 Å². The van der Waals surface area contributed by atoms with Gasteiger partial charge in [0, 0.05) is 17.8 Å². The smallest absolute Gasteiger partial charge is 0.282 e. The van der Waals surface area contributed by atoms with Crippen LogP contribution in [0.3, 0.4) is 0 Å². The van der Waals surface area contributed by atoms with Crippen molar-refractivity contribution in [2.45, 2.75) is 0 Å². The Hall–Kier alpha value is -3.54. The number of benzene rings is 2. The van der Waals surface area contributed by atoms with Crippen molar-refractivity contribution in [1.82, 2.24) is 19.9 Å². The second-order valence-corrected chi connectivity index (χ2v) is 5.10. The number of hydrogen-bond donors (Lipinski definition) is 0. The lowest BCUT2D eigenvalue weighted by Gasteiger charge is -2.04. The Kier molecular flexibility index (Phi) is 3.47. The van der Waals surface area contributed by atoms with Crippen LogP contribution in [0.4, 0.5) is 0 Å². The van der Waals surface area contributed by atoms with Crippen LogP contribution < -0.4 is 5.43 Å². The van der Waals surface area contributed by atoms with Crippen LogP contribution in [0.2, 0.25) is 0 Å². The lowest BCUT2D eigenvalue weighted by molar-refractivity contribution is 0.429. The number of aromatic nitrogens is 4. The quantitative estimate of drug-likeness (QED) is 0.581. The minimum Gasteiger partial charge on any atom is -0.332 e. The summed E-state index contributed by atoms with van der Waals surface area (Å²) in [6.45, 7) is 0. The molecule has 116 valence electrons. The molecule has 0 N–H and O–H groups in total. The van der Waals surface area contributed by atoms with Crippen LogP contribution in [0, 0.1) is 0 Å². The van der Waals surface area contributed by atoms with Crippen LogP contribution in [0.1, 0.15) is 0 Å². The fraction of sp³-hybridized carbons (Fsp3) is 0. The first kappa shape index (κ1) is 14.1. The lowest BCUT2D eigenvalue weighted by Crippen LogP contribution is -2.12. The van der Waals surface area contributed by atoms with Crippen molar-refractivity contribution in [3.8, 4) is 28.7 Å². The van der Waals surface area contributed by atoms with Crippen molar-refractivity contribution in [3.05, 3.63) is 83.2 Å². The predicted octanol–water partition coefficient (Wildman–Crippen LogP) is 2.95. The van der Waals surface area contributed by atoms with Gasteiger partial charge in [-0.05, 0) is 12.1 Å². The number of hydrogen-bond acceptors (Lipinski definition) is 5. The molecule has 0 atom stereocenters. The highest BCUT2D eigenvalue weighted by molar-refractivity contribution is 5.57. The van der Waals surface area contributed by atoms with Gasteiger partial charge >= 0.3 is 0 Å². The molecular formula is C18H12N4O2. The molecule has 0 saturated carbocycles. The summed E-state index contributed by atoms with van der Waals surface area (Å²) >= 11 is 0. The highest BCUT2D eigenvalue weighted by Gasteiger charge is 2.15. The number of nitrogens with zero attached hydrogens (tertiary/aromatic N) is 4. The summed E-state index contributed by atoms with van der Waals surface area (Å²) in [5.74, 6) is 0.519. The van der Waals surface area contributed by atoms with E-state index in [9.17, 15) is 4.79 Å². The van der Waals surface area contributed by atoms with Gasteiger partial charge in [0.15, 0.2) is 5.69 Å². The minimum atomic E-state index is -0.273. The van der Waals surface area contributed by atoms with Crippen LogP contribution in [-0.4, -0.2) is 19.9 Å². The molecule has 0 aliphatic heterocycles. The van der Waals surface area contributed by atoms with Gasteiger partial charge in [-0.1, -0.05) is 53.7 Å². The molecule has 0 aliphatic rings. The van der Waals surface area contributed by atoms with E-state index in [1.807, 2.05) is 60.7 Å². The fourth-order valence-electron chi connectivity index (χ4n) is 2.30. The SMILES string of the molecule is O=c1ccn(-c2ccccc2)nc1-c1nc(-c2ccccc2)no1. The van der Waals surface area contributed by atoms with Crippen LogP contribution in [0.5, 0.6) is 0 Å². The topological polar surface area (TPSA) is 73.8 Å². The molecule has 0 aliphatic carbocycles. The Morgan fingerprint density at radius 3 is 2.33 bits per heavy atom. The van der Waals surface area contributed by atoms with Gasteiger partial charge in [-0.2, -0.15) is 10.1 Å². The molecule has 2 heterocycles. The van der Waals surface area contributed by atoms with Gasteiger partial charge in [0.25, 0.3) is 5.89 Å². The molecule has 24 heavy (non-hydrogen) atoms. The fourth-order valence-corrected chi connectivity index (χ4v) is 2.30. The monoisotopic (exact) mass is 316 g/mol. The molecule has 4 rings (SSSR count). The maximum absolute atomic E-state index is 12.1. The van der Waals surface area contributed by atoms with Crippen molar-refractivity contribution < 1.29 is 4.52 Å². The van der Waals surface area contributed by atoms with Gasteiger partial charge in [0.2, 0.25) is 11.3 Å². The summed E-state index contributed by atoms with van der Waals surface area (Å²) in [6, 6.07) is 20.3. The van der Waals surface area contributed by atoms with Crippen molar-refractivity contribution >= 4 is 0 Å². The third-order valence-corrected chi connectivity index (χ3v) is 3.49. The molecule has 0 saturated heterocycles. The first-order valence-corrected chi connectivity index (χ1v) is 7.36. The maximum atomic E-state index is 12.1. The van der Waals surface area contributed by atoms with Gasteiger partial charge in [-0.3, -0.25) is 4.79 Å². The van der Waals surface area contributed by atoms with Crippen molar-refractivity contribution in [2.75, 3.05) is 0 Å². The summed E-state index contributed by atoms with van der Waals surface area (Å²) in [7, 11) is 0. The average molecular weight is 316 g/mol. The average Bonchev–Trinajstić information content (AvgIpc) is 3.13. The summed E-state index contributed by atoms with van der Waals surface area (Å²) in [5, 5.41) is 8.26. The minimum absolute atomic E-state index is 0.101. The van der Waals surface area contributed by atoms with Gasteiger partial charge in [-0.25, -0.2) is 4.68 Å². The van der Waals surface area contributed by atoms with Crippen LogP contribution in [0.25, 0.3) is 28.7 Å². The van der Waals surface area contributed by atoms with E-state index in [1.165, 1.54) is 6.07 Å². The molecule has 2 aromatic heterocycles. The van der Waals surface area contributed by atoms with E-state index in [1.54, 1.807) is 10.9 Å². The molecule has 0 fully saturated rings. The zero-order valence-corrected chi connectivity index (χ0v) is 12.5. The van der Waals surface area contributed by atoms with Crippen molar-refractivity contribution in [1.29, 1.82) is 0 Å². The third kappa shape index (κ3) is 2.61. The first-order chi connectivity index (χ1) is 11.8. The molecule has 2 aromatic carbocycles. The summed E-state index contributed by atoms with van der Waals surface area (Å²) in [5.41, 5.74) is 1.50. The maximum Gasteiger partial charge on any atom is 0.282 e. The van der Waals surface area contributed by atoms with Gasteiger partial charge < -0.3 is 4.52 Å². The van der Waals surface area contributed by atoms with Crippen LogP contribution >= 0.6 is 0 Å². The second kappa shape index (κ2) is 5.92. The normalized spacial score (nSPS) is 10.7. The van der Waals surface area contributed by atoms with E-state index in [2.05, 4.69) is 15.2 Å². The molecule has 0 radical (unpaired) electrons. The first-order valence-electron chi connectivity index (χ1n) is 7.36. The Labute approximate surface area is 137 Å². The van der Waals surface area contributed by atoms with E-state index in [4.69, 9.17) is 4.52 Å². The predicted molar refractivity (Wildman–Crippen MR) is 88.6 cm³/mol. The highest BCUT2D eigenvalue weighted by Crippen LogP contribution is 2.19. The Balaban J connectivity index is 1.77. The summed E-state index contributed by atoms with van der Waals surface area (Å²) < 4.78 is 6.84. The summed E-state index contributed by atoms with van der Waals surface area (Å²) in [6.07, 6.45) is 1.61. The molecule has 6 heteroatoms. The van der Waals surface area contributed by atoms with Crippen LogP contribution in [-0.2, 0) is 0 Å². The van der Waals surface area contributed by atoms with E-state index in [-0.39, 0.29) is 17.0 Å². The van der Waals surface area contributed by atoms with Crippen molar-refractivity contribution in [2.24, 2.45) is 0 Å². The summed E-state index contributed by atoms with van der Waals surface area (Å²) in [4.78, 5) is 16.4. The van der Waals surface area contributed by atoms with E-state index >= 15 is 0 Å². The number of para-hydroxylation sites is 1. The molecular weight excluding hydrogens is 304 g/mol. The van der Waals surface area contributed by atoms with Crippen molar-refractivity contribution in [3.63, 3.8) is 0 Å². The standard InChI is InChI=1S/C18H12N4O2/c23-15-11-12-22(14-9-5-2-6-10-14)20-16(15)18-19-17(21-24-18)13-7-3-1-4-8-13/h1-12H. The number of rotatable bonds is 3. The molecule has 4 aromatic rings. The molecule has 6 nitrogen and oxygen atoms in total. The molecule has 0 spiro atoms. The largest absolute Gasteiger partial charge is 0.332 e. The zero-order valence-electron chi connectivity index (χ0n) is 12.5. The Morgan fingerprint density at radius 2 is 1.58 bits per heavy atom. The molecule has 0 amide bonds.